The first-order valence-corrected chi connectivity index (χ1v) is 5.32. The lowest BCUT2D eigenvalue weighted by Gasteiger charge is -1.98. The van der Waals surface area contributed by atoms with Gasteiger partial charge in [-0.1, -0.05) is 30.3 Å². The van der Waals surface area contributed by atoms with Crippen molar-refractivity contribution in [3.05, 3.63) is 53.3 Å². The third-order valence-electron chi connectivity index (χ3n) is 2.48. The number of benzene rings is 1. The Kier molecular flexibility index (Phi) is 3.31. The van der Waals surface area contributed by atoms with Gasteiger partial charge in [0.25, 0.3) is 0 Å². The Balaban J connectivity index is 1.96. The second kappa shape index (κ2) is 5.08. The zero-order chi connectivity index (χ0) is 12.1. The molecular formula is C13H11N3O. The van der Waals surface area contributed by atoms with E-state index in [0.29, 0.717) is 18.5 Å². The van der Waals surface area contributed by atoms with E-state index in [1.165, 1.54) is 6.07 Å². The van der Waals surface area contributed by atoms with Crippen molar-refractivity contribution in [2.24, 2.45) is 0 Å². The Morgan fingerprint density at radius 1 is 1.35 bits per heavy atom. The second-order valence-electron chi connectivity index (χ2n) is 3.69. The van der Waals surface area contributed by atoms with E-state index in [0.717, 1.165) is 5.56 Å². The number of nitrogens with zero attached hydrogens (tertiary/aromatic N) is 2. The number of carbonyl (C=O) groups is 1. The highest BCUT2D eigenvalue weighted by Crippen LogP contribution is 2.07. The maximum atomic E-state index is 11.8. The number of Topliss-reactive ketones (excluding diaryl/α,β-unsaturated/α-hetero) is 1. The molecule has 0 spiro atoms. The van der Waals surface area contributed by atoms with Crippen LogP contribution in [0.3, 0.4) is 0 Å². The van der Waals surface area contributed by atoms with E-state index in [-0.39, 0.29) is 11.5 Å². The van der Waals surface area contributed by atoms with Crippen molar-refractivity contribution < 1.29 is 4.79 Å². The van der Waals surface area contributed by atoms with Crippen LogP contribution < -0.4 is 0 Å². The summed E-state index contributed by atoms with van der Waals surface area (Å²) in [6.07, 6.45) is 1.11. The molecule has 17 heavy (non-hydrogen) atoms. The van der Waals surface area contributed by atoms with Gasteiger partial charge in [-0.3, -0.25) is 9.89 Å². The van der Waals surface area contributed by atoms with Crippen molar-refractivity contribution in [2.45, 2.75) is 12.8 Å². The molecule has 4 heteroatoms. The van der Waals surface area contributed by atoms with Crippen LogP contribution in [0.4, 0.5) is 0 Å². The number of hydrogen-bond donors (Lipinski definition) is 1. The van der Waals surface area contributed by atoms with Gasteiger partial charge in [0, 0.05) is 12.5 Å². The topological polar surface area (TPSA) is 69.5 Å². The third kappa shape index (κ3) is 2.79. The molecule has 2 rings (SSSR count). The summed E-state index contributed by atoms with van der Waals surface area (Å²) in [4.78, 5) is 11.8. The maximum absolute atomic E-state index is 11.8. The van der Waals surface area contributed by atoms with E-state index in [9.17, 15) is 4.79 Å². The summed E-state index contributed by atoms with van der Waals surface area (Å²) in [5.74, 6) is -0.0251. The smallest absolute Gasteiger partial charge is 0.180 e. The molecular weight excluding hydrogens is 214 g/mol. The summed E-state index contributed by atoms with van der Waals surface area (Å²) in [5.41, 5.74) is 1.77. The normalized spacial score (nSPS) is 9.82. The lowest BCUT2D eigenvalue weighted by atomic mass is 10.1. The lowest BCUT2D eigenvalue weighted by molar-refractivity contribution is 0.0978. The van der Waals surface area contributed by atoms with Crippen molar-refractivity contribution >= 4 is 5.78 Å². The zero-order valence-corrected chi connectivity index (χ0v) is 9.18. The molecule has 1 N–H and O–H groups in total. The van der Waals surface area contributed by atoms with Gasteiger partial charge < -0.3 is 0 Å². The summed E-state index contributed by atoms with van der Waals surface area (Å²) < 4.78 is 0. The van der Waals surface area contributed by atoms with E-state index in [4.69, 9.17) is 5.26 Å². The second-order valence-corrected chi connectivity index (χ2v) is 3.69. The first-order valence-electron chi connectivity index (χ1n) is 5.32. The van der Waals surface area contributed by atoms with Gasteiger partial charge in [-0.25, -0.2) is 0 Å². The molecule has 0 aliphatic heterocycles. The summed E-state index contributed by atoms with van der Waals surface area (Å²) >= 11 is 0. The fourth-order valence-electron chi connectivity index (χ4n) is 1.56. The summed E-state index contributed by atoms with van der Waals surface area (Å²) in [6, 6.07) is 13.2. The first-order chi connectivity index (χ1) is 8.29. The van der Waals surface area contributed by atoms with E-state index in [2.05, 4.69) is 10.2 Å². The summed E-state index contributed by atoms with van der Waals surface area (Å²) in [5, 5.41) is 14.9. The van der Waals surface area contributed by atoms with Gasteiger partial charge in [-0.05, 0) is 12.0 Å². The highest BCUT2D eigenvalue weighted by atomic mass is 16.1. The Bertz CT molecular complexity index is 552. The van der Waals surface area contributed by atoms with Crippen molar-refractivity contribution in [1.82, 2.24) is 10.2 Å². The molecule has 0 aliphatic rings. The Morgan fingerprint density at radius 2 is 2.12 bits per heavy atom. The largest absolute Gasteiger partial charge is 0.292 e. The number of H-pyrrole nitrogens is 1. The molecule has 0 aliphatic carbocycles. The summed E-state index contributed by atoms with van der Waals surface area (Å²) in [6.45, 7) is 0. The van der Waals surface area contributed by atoms with Crippen molar-refractivity contribution in [3.63, 3.8) is 0 Å². The Labute approximate surface area is 98.9 Å². The predicted octanol–water partition coefficient (Wildman–Crippen LogP) is 2.10. The minimum Gasteiger partial charge on any atom is -0.292 e. The van der Waals surface area contributed by atoms with E-state index in [1.54, 1.807) is 0 Å². The number of ketones is 1. The van der Waals surface area contributed by atoms with Gasteiger partial charge in [0.2, 0.25) is 0 Å². The third-order valence-corrected chi connectivity index (χ3v) is 2.48. The van der Waals surface area contributed by atoms with E-state index in [1.807, 2.05) is 36.4 Å². The molecule has 0 saturated heterocycles. The fraction of sp³-hybridized carbons (Fsp3) is 0.154. The fourth-order valence-corrected chi connectivity index (χ4v) is 1.56. The molecule has 0 fully saturated rings. The highest BCUT2D eigenvalue weighted by molar-refractivity contribution is 5.94. The molecule has 0 saturated carbocycles. The number of carbonyl (C=O) groups excluding carboxylic acids is 1. The van der Waals surface area contributed by atoms with Gasteiger partial charge in [0.05, 0.1) is 0 Å². The average Bonchev–Trinajstić information content (AvgIpc) is 2.86. The zero-order valence-electron chi connectivity index (χ0n) is 9.18. The number of hydrogen-bond acceptors (Lipinski definition) is 3. The average molecular weight is 225 g/mol. The van der Waals surface area contributed by atoms with Crippen LogP contribution in [0.2, 0.25) is 0 Å². The van der Waals surface area contributed by atoms with Crippen LogP contribution in [-0.4, -0.2) is 16.0 Å². The number of aryl methyl sites for hydroxylation is 1. The molecule has 1 heterocycles. The van der Waals surface area contributed by atoms with Crippen LogP contribution in [-0.2, 0) is 6.42 Å². The quantitative estimate of drug-likeness (QED) is 0.810. The maximum Gasteiger partial charge on any atom is 0.180 e. The van der Waals surface area contributed by atoms with Gasteiger partial charge >= 0.3 is 0 Å². The monoisotopic (exact) mass is 225 g/mol. The van der Waals surface area contributed by atoms with Crippen LogP contribution in [0.1, 0.15) is 28.2 Å². The highest BCUT2D eigenvalue weighted by Gasteiger charge is 2.09. The number of aromatic amines is 1. The van der Waals surface area contributed by atoms with Crippen molar-refractivity contribution in [3.8, 4) is 6.07 Å². The lowest BCUT2D eigenvalue weighted by Crippen LogP contribution is -2.01. The number of rotatable bonds is 4. The van der Waals surface area contributed by atoms with Crippen LogP contribution >= 0.6 is 0 Å². The Hall–Kier alpha value is -2.41. The van der Waals surface area contributed by atoms with Crippen molar-refractivity contribution in [1.29, 1.82) is 5.26 Å². The van der Waals surface area contributed by atoms with Gasteiger partial charge in [0.15, 0.2) is 11.5 Å². The SMILES string of the molecule is N#Cc1cc(C(=O)CCc2ccccc2)[nH]n1. The number of aromatic nitrogens is 2. The van der Waals surface area contributed by atoms with Crippen LogP contribution in [0, 0.1) is 11.3 Å². The molecule has 0 unspecified atom stereocenters. The molecule has 0 atom stereocenters. The van der Waals surface area contributed by atoms with Gasteiger partial charge in [-0.2, -0.15) is 10.4 Å². The molecule has 1 aromatic heterocycles. The molecule has 0 radical (unpaired) electrons. The Morgan fingerprint density at radius 3 is 2.76 bits per heavy atom. The van der Waals surface area contributed by atoms with Crippen molar-refractivity contribution in [2.75, 3.05) is 0 Å². The van der Waals surface area contributed by atoms with Crippen LogP contribution in [0.15, 0.2) is 36.4 Å². The molecule has 0 bridgehead atoms. The van der Waals surface area contributed by atoms with Gasteiger partial charge in [0.1, 0.15) is 11.8 Å². The number of nitriles is 1. The van der Waals surface area contributed by atoms with Gasteiger partial charge in [-0.15, -0.1) is 0 Å². The van der Waals surface area contributed by atoms with Crippen LogP contribution in [0.25, 0.3) is 0 Å². The molecule has 4 nitrogen and oxygen atoms in total. The van der Waals surface area contributed by atoms with E-state index < -0.39 is 0 Å². The molecule has 2 aromatic rings. The van der Waals surface area contributed by atoms with Crippen LogP contribution in [0.5, 0.6) is 0 Å². The predicted molar refractivity (Wildman–Crippen MR) is 62.4 cm³/mol. The first kappa shape index (κ1) is 11.1. The molecule has 0 amide bonds. The summed E-state index contributed by atoms with van der Waals surface area (Å²) in [7, 11) is 0. The minimum atomic E-state index is -0.0251. The number of nitrogens with one attached hydrogen (secondary N) is 1. The molecule has 1 aromatic carbocycles. The standard InChI is InChI=1S/C13H11N3O/c14-9-11-8-12(16-15-11)13(17)7-6-10-4-2-1-3-5-10/h1-5,8H,6-7H2,(H,15,16). The molecule has 84 valence electrons. The minimum absolute atomic E-state index is 0.0251. The van der Waals surface area contributed by atoms with E-state index >= 15 is 0 Å².